The number of piperidine rings is 1. The summed E-state index contributed by atoms with van der Waals surface area (Å²) in [4.78, 5) is 18.9. The van der Waals surface area contributed by atoms with E-state index in [1.165, 1.54) is 0 Å². The minimum absolute atomic E-state index is 0.00927. The van der Waals surface area contributed by atoms with E-state index in [0.29, 0.717) is 6.54 Å². The molecule has 31 heavy (non-hydrogen) atoms. The van der Waals surface area contributed by atoms with Crippen molar-refractivity contribution in [3.63, 3.8) is 0 Å². The number of anilines is 2. The fourth-order valence-electron chi connectivity index (χ4n) is 4.28. The summed E-state index contributed by atoms with van der Waals surface area (Å²) in [5.74, 6) is 1.84. The van der Waals surface area contributed by atoms with E-state index in [0.717, 1.165) is 79.2 Å². The Kier molecular flexibility index (Phi) is 6.74. The van der Waals surface area contributed by atoms with E-state index < -0.39 is 0 Å². The lowest BCUT2D eigenvalue weighted by molar-refractivity contribution is 0.290. The van der Waals surface area contributed by atoms with Crippen molar-refractivity contribution in [2.24, 2.45) is 10.4 Å². The van der Waals surface area contributed by atoms with Crippen LogP contribution < -0.4 is 15.5 Å². The van der Waals surface area contributed by atoms with Gasteiger partial charge in [0.25, 0.3) is 0 Å². The number of aromatic nitrogens is 2. The molecule has 7 nitrogen and oxygen atoms in total. The summed E-state index contributed by atoms with van der Waals surface area (Å²) in [5.41, 5.74) is 3.17. The van der Waals surface area contributed by atoms with Crippen LogP contribution >= 0.6 is 11.6 Å². The second kappa shape index (κ2) is 9.51. The van der Waals surface area contributed by atoms with Crippen LogP contribution in [0.2, 0.25) is 5.02 Å². The van der Waals surface area contributed by atoms with Crippen LogP contribution in [0.1, 0.15) is 24.1 Å². The number of halogens is 1. The van der Waals surface area contributed by atoms with Crippen LogP contribution in [0.4, 0.5) is 11.6 Å². The van der Waals surface area contributed by atoms with Crippen molar-refractivity contribution in [2.75, 3.05) is 57.5 Å². The molecule has 4 rings (SSSR count). The molecular formula is C23H32ClN7. The van der Waals surface area contributed by atoms with Crippen LogP contribution in [-0.2, 0) is 13.0 Å². The highest BCUT2D eigenvalue weighted by Crippen LogP contribution is 2.40. The molecule has 0 aliphatic carbocycles. The van der Waals surface area contributed by atoms with E-state index >= 15 is 0 Å². The van der Waals surface area contributed by atoms with Gasteiger partial charge in [0.2, 0.25) is 5.95 Å². The first-order chi connectivity index (χ1) is 14.9. The zero-order valence-corrected chi connectivity index (χ0v) is 19.4. The molecule has 1 aromatic heterocycles. The quantitative estimate of drug-likeness (QED) is 0.718. The molecule has 0 amide bonds. The highest BCUT2D eigenvalue weighted by Gasteiger charge is 2.42. The van der Waals surface area contributed by atoms with Crippen LogP contribution in [0.15, 0.2) is 35.5 Å². The minimum Gasteiger partial charge on any atom is -0.343 e. The molecule has 0 atom stereocenters. The van der Waals surface area contributed by atoms with Gasteiger partial charge in [0.15, 0.2) is 0 Å². The maximum Gasteiger partial charge on any atom is 0.225 e. The fraction of sp³-hybridized carbons (Fsp3) is 0.522. The van der Waals surface area contributed by atoms with E-state index in [2.05, 4.69) is 52.6 Å². The average Bonchev–Trinajstić information content (AvgIpc) is 2.76. The number of likely N-dealkylation sites (N-methyl/N-ethyl adjacent to an activating group) is 2. The summed E-state index contributed by atoms with van der Waals surface area (Å²) in [7, 11) is 6.22. The maximum absolute atomic E-state index is 6.16. The van der Waals surface area contributed by atoms with Crippen molar-refractivity contribution in [2.45, 2.75) is 25.8 Å². The number of nitrogens with one attached hydrogen (secondary N) is 2. The predicted octanol–water partition coefficient (Wildman–Crippen LogP) is 3.06. The van der Waals surface area contributed by atoms with Gasteiger partial charge in [-0.05, 0) is 57.7 Å². The van der Waals surface area contributed by atoms with Gasteiger partial charge in [-0.15, -0.1) is 0 Å². The zero-order chi connectivity index (χ0) is 21.8. The van der Waals surface area contributed by atoms with Gasteiger partial charge in [0, 0.05) is 37.0 Å². The predicted molar refractivity (Wildman–Crippen MR) is 128 cm³/mol. The third-order valence-electron chi connectivity index (χ3n) is 6.21. The highest BCUT2D eigenvalue weighted by molar-refractivity contribution is 6.30. The molecule has 2 aromatic rings. The second-order valence-electron chi connectivity index (χ2n) is 8.88. The Balaban J connectivity index is 1.59. The first-order valence-electron chi connectivity index (χ1n) is 10.9. The molecule has 2 aliphatic rings. The van der Waals surface area contributed by atoms with Crippen LogP contribution in [0.25, 0.3) is 0 Å². The Hall–Kier alpha value is -2.22. The fourth-order valence-corrected chi connectivity index (χ4v) is 4.49. The van der Waals surface area contributed by atoms with E-state index in [-0.39, 0.29) is 5.41 Å². The molecule has 2 N–H and O–H groups in total. The van der Waals surface area contributed by atoms with Gasteiger partial charge in [0.05, 0.1) is 24.1 Å². The zero-order valence-electron chi connectivity index (χ0n) is 18.7. The Bertz CT molecular complexity index is 937. The largest absolute Gasteiger partial charge is 0.343 e. The summed E-state index contributed by atoms with van der Waals surface area (Å²) < 4.78 is 0. The molecule has 0 radical (unpaired) electrons. The molecule has 1 saturated heterocycles. The number of fused-ring (bicyclic) bond motifs is 1. The van der Waals surface area contributed by atoms with Gasteiger partial charge in [-0.2, -0.15) is 0 Å². The molecule has 0 saturated carbocycles. The first-order valence-corrected chi connectivity index (χ1v) is 11.3. The van der Waals surface area contributed by atoms with E-state index in [4.69, 9.17) is 21.6 Å². The molecule has 1 spiro atoms. The lowest BCUT2D eigenvalue weighted by Crippen LogP contribution is -2.49. The van der Waals surface area contributed by atoms with Crippen molar-refractivity contribution >= 4 is 29.1 Å². The summed E-state index contributed by atoms with van der Waals surface area (Å²) in [5, 5.41) is 7.84. The summed E-state index contributed by atoms with van der Waals surface area (Å²) in [6.45, 7) is 4.45. The molecule has 2 aliphatic heterocycles. The SMILES string of the molecule is CN(C)CCN(C)c1ncc2c(n1)CC1(CCNCC1)C(=NCc1cccc(Cl)c1)N2. The van der Waals surface area contributed by atoms with Crippen molar-refractivity contribution in [1.29, 1.82) is 0 Å². The Morgan fingerprint density at radius 3 is 2.71 bits per heavy atom. The van der Waals surface area contributed by atoms with Crippen LogP contribution in [0.3, 0.4) is 0 Å². The maximum atomic E-state index is 6.16. The average molecular weight is 442 g/mol. The van der Waals surface area contributed by atoms with Gasteiger partial charge < -0.3 is 20.4 Å². The van der Waals surface area contributed by atoms with Gasteiger partial charge in [-0.1, -0.05) is 23.7 Å². The monoisotopic (exact) mass is 441 g/mol. The third kappa shape index (κ3) is 5.17. The van der Waals surface area contributed by atoms with Crippen LogP contribution in [0, 0.1) is 5.41 Å². The summed E-state index contributed by atoms with van der Waals surface area (Å²) in [6, 6.07) is 7.92. The van der Waals surface area contributed by atoms with E-state index in [1.54, 1.807) is 0 Å². The normalized spacial score (nSPS) is 18.8. The van der Waals surface area contributed by atoms with E-state index in [9.17, 15) is 0 Å². The minimum atomic E-state index is -0.00927. The van der Waals surface area contributed by atoms with Crippen molar-refractivity contribution < 1.29 is 0 Å². The number of amidine groups is 1. The Labute approximate surface area is 189 Å². The molecule has 166 valence electrons. The third-order valence-corrected chi connectivity index (χ3v) is 6.44. The molecule has 1 aromatic carbocycles. The van der Waals surface area contributed by atoms with Crippen molar-refractivity contribution in [3.05, 3.63) is 46.7 Å². The smallest absolute Gasteiger partial charge is 0.225 e. The number of benzene rings is 1. The summed E-state index contributed by atoms with van der Waals surface area (Å²) >= 11 is 6.16. The number of rotatable bonds is 6. The lowest BCUT2D eigenvalue weighted by atomic mass is 9.72. The Morgan fingerprint density at radius 2 is 1.97 bits per heavy atom. The topological polar surface area (TPSA) is 68.7 Å². The number of hydrogen-bond donors (Lipinski definition) is 2. The lowest BCUT2D eigenvalue weighted by Gasteiger charge is -2.42. The number of hydrogen-bond acceptors (Lipinski definition) is 6. The molecule has 0 unspecified atom stereocenters. The van der Waals surface area contributed by atoms with Crippen molar-refractivity contribution in [1.82, 2.24) is 20.2 Å². The van der Waals surface area contributed by atoms with Crippen molar-refractivity contribution in [3.8, 4) is 0 Å². The molecular weight excluding hydrogens is 410 g/mol. The van der Waals surface area contributed by atoms with Gasteiger partial charge in [-0.3, -0.25) is 4.99 Å². The first kappa shape index (κ1) is 22.0. The van der Waals surface area contributed by atoms with Gasteiger partial charge >= 0.3 is 0 Å². The van der Waals surface area contributed by atoms with Gasteiger partial charge in [0.1, 0.15) is 5.84 Å². The van der Waals surface area contributed by atoms with E-state index in [1.807, 2.05) is 24.4 Å². The van der Waals surface area contributed by atoms with Crippen LogP contribution in [0.5, 0.6) is 0 Å². The molecule has 1 fully saturated rings. The highest BCUT2D eigenvalue weighted by atomic mass is 35.5. The standard InChI is InChI=1S/C23H32ClN7/c1-30(2)11-12-31(3)22-27-16-20-19(29-22)14-23(7-9-25-10-8-23)21(28-20)26-15-17-5-4-6-18(24)13-17/h4-6,13,16,25H,7-12,14-15H2,1-3H3,(H,26,28). The molecule has 0 bridgehead atoms. The number of aliphatic imine (C=N–C) groups is 1. The Morgan fingerprint density at radius 1 is 1.16 bits per heavy atom. The second-order valence-corrected chi connectivity index (χ2v) is 9.32. The molecule has 8 heteroatoms. The number of nitrogens with zero attached hydrogens (tertiary/aromatic N) is 5. The van der Waals surface area contributed by atoms with Gasteiger partial charge in [-0.25, -0.2) is 9.97 Å². The van der Waals surface area contributed by atoms with Crippen LogP contribution in [-0.4, -0.2) is 68.0 Å². The summed E-state index contributed by atoms with van der Waals surface area (Å²) in [6.07, 6.45) is 4.89. The molecule has 3 heterocycles.